The van der Waals surface area contributed by atoms with Crippen molar-refractivity contribution in [3.63, 3.8) is 0 Å². The fourth-order valence-electron chi connectivity index (χ4n) is 3.64. The van der Waals surface area contributed by atoms with Crippen molar-refractivity contribution in [3.8, 4) is 11.8 Å². The third kappa shape index (κ3) is 7.55. The maximum atomic E-state index is 13.1. The van der Waals surface area contributed by atoms with E-state index in [0.29, 0.717) is 37.6 Å². The third-order valence-corrected chi connectivity index (χ3v) is 5.62. The number of ketones is 1. The number of morpholine rings is 1. The van der Waals surface area contributed by atoms with Crippen molar-refractivity contribution in [2.75, 3.05) is 26.3 Å². The van der Waals surface area contributed by atoms with Gasteiger partial charge in [0.1, 0.15) is 17.3 Å². The van der Waals surface area contributed by atoms with Crippen LogP contribution in [0.3, 0.4) is 0 Å². The van der Waals surface area contributed by atoms with Crippen LogP contribution in [0.4, 0.5) is 9.18 Å². The molecule has 10 nitrogen and oxygen atoms in total. The molecule has 1 aliphatic rings. The van der Waals surface area contributed by atoms with Crippen LogP contribution in [0.25, 0.3) is 0 Å². The number of carbonyl (C=O) groups excluding carboxylic acids is 2. The lowest BCUT2D eigenvalue weighted by Crippen LogP contribution is -2.39. The van der Waals surface area contributed by atoms with Gasteiger partial charge < -0.3 is 19.5 Å². The van der Waals surface area contributed by atoms with Crippen LogP contribution in [0, 0.1) is 5.82 Å². The molecule has 2 aromatic carbocycles. The quantitative estimate of drug-likeness (QED) is 0.364. The van der Waals surface area contributed by atoms with Gasteiger partial charge in [0.05, 0.1) is 25.3 Å². The number of rotatable bonds is 6. The molecule has 0 atom stereocenters. The van der Waals surface area contributed by atoms with E-state index in [1.165, 1.54) is 52.2 Å². The van der Waals surface area contributed by atoms with Crippen LogP contribution in [-0.2, 0) is 11.2 Å². The van der Waals surface area contributed by atoms with Gasteiger partial charge in [0.2, 0.25) is 11.7 Å². The molecule has 3 heterocycles. The zero-order chi connectivity index (χ0) is 27.6. The summed E-state index contributed by atoms with van der Waals surface area (Å²) in [6.07, 6.45) is 2.12. The van der Waals surface area contributed by atoms with Gasteiger partial charge in [-0.2, -0.15) is 4.98 Å². The molecule has 1 N–H and O–H groups in total. The molecule has 0 radical (unpaired) electrons. The van der Waals surface area contributed by atoms with Crippen LogP contribution in [0.1, 0.15) is 26.5 Å². The molecular formula is C28H25FN4O6. The number of amides is 1. The first-order valence-electron chi connectivity index (χ1n) is 12.0. The Hall–Kier alpha value is -4.90. The highest BCUT2D eigenvalue weighted by Gasteiger charge is 2.20. The minimum Gasteiger partial charge on any atom is -0.465 e. The van der Waals surface area contributed by atoms with Gasteiger partial charge >= 0.3 is 12.1 Å². The van der Waals surface area contributed by atoms with Gasteiger partial charge in [-0.3, -0.25) is 14.2 Å². The van der Waals surface area contributed by atoms with E-state index in [2.05, 4.69) is 9.97 Å². The van der Waals surface area contributed by atoms with E-state index in [9.17, 15) is 18.8 Å². The second-order valence-corrected chi connectivity index (χ2v) is 8.31. The molecule has 200 valence electrons. The second kappa shape index (κ2) is 13.1. The SMILES string of the molecule is O=C(O)N1CCOCC1.O=C(c1ccnc(Oc2ccccc2)n1)c1cccn1C(=O)Cc1ccc(F)cc1. The maximum Gasteiger partial charge on any atom is 0.407 e. The highest BCUT2D eigenvalue weighted by Crippen LogP contribution is 2.18. The van der Waals surface area contributed by atoms with Crippen molar-refractivity contribution < 1.29 is 33.4 Å². The van der Waals surface area contributed by atoms with Gasteiger partial charge in [0, 0.05) is 25.5 Å². The molecule has 1 fully saturated rings. The minimum atomic E-state index is -0.849. The third-order valence-electron chi connectivity index (χ3n) is 5.62. The number of carboxylic acid groups (broad SMARTS) is 1. The van der Waals surface area contributed by atoms with E-state index in [-0.39, 0.29) is 35.5 Å². The Morgan fingerprint density at radius 2 is 1.67 bits per heavy atom. The number of ether oxygens (including phenoxy) is 2. The van der Waals surface area contributed by atoms with Crippen LogP contribution >= 0.6 is 0 Å². The number of hydrogen-bond donors (Lipinski definition) is 1. The topological polar surface area (TPSA) is 124 Å². The number of halogens is 1. The normalized spacial score (nSPS) is 12.7. The molecule has 1 aliphatic heterocycles. The average Bonchev–Trinajstić information content (AvgIpc) is 3.46. The Morgan fingerprint density at radius 3 is 2.33 bits per heavy atom. The Bertz CT molecular complexity index is 1420. The largest absolute Gasteiger partial charge is 0.465 e. The molecule has 0 aliphatic carbocycles. The minimum absolute atomic E-state index is 0.0291. The number of carbonyl (C=O) groups is 3. The zero-order valence-corrected chi connectivity index (χ0v) is 20.8. The molecular weight excluding hydrogens is 507 g/mol. The van der Waals surface area contributed by atoms with Gasteiger partial charge in [-0.05, 0) is 48.0 Å². The van der Waals surface area contributed by atoms with Crippen molar-refractivity contribution in [2.45, 2.75) is 6.42 Å². The first-order valence-corrected chi connectivity index (χ1v) is 12.0. The van der Waals surface area contributed by atoms with Crippen molar-refractivity contribution in [1.82, 2.24) is 19.4 Å². The summed E-state index contributed by atoms with van der Waals surface area (Å²) in [7, 11) is 0. The first-order chi connectivity index (χ1) is 18.9. The van der Waals surface area contributed by atoms with Crippen molar-refractivity contribution >= 4 is 17.8 Å². The smallest absolute Gasteiger partial charge is 0.407 e. The fraction of sp³-hybridized carbons (Fsp3) is 0.179. The molecule has 0 bridgehead atoms. The van der Waals surface area contributed by atoms with Crippen LogP contribution < -0.4 is 4.74 Å². The monoisotopic (exact) mass is 532 g/mol. The van der Waals surface area contributed by atoms with E-state index < -0.39 is 11.9 Å². The van der Waals surface area contributed by atoms with Crippen LogP contribution in [0.15, 0.2) is 85.2 Å². The summed E-state index contributed by atoms with van der Waals surface area (Å²) >= 11 is 0. The summed E-state index contributed by atoms with van der Waals surface area (Å²) in [6.45, 7) is 2.09. The Kier molecular flexibility index (Phi) is 9.09. The first kappa shape index (κ1) is 27.1. The van der Waals surface area contributed by atoms with Gasteiger partial charge in [-0.15, -0.1) is 0 Å². The summed E-state index contributed by atoms with van der Waals surface area (Å²) in [5.41, 5.74) is 0.922. The summed E-state index contributed by atoms with van der Waals surface area (Å²) < 4.78 is 24.9. The lowest BCUT2D eigenvalue weighted by Gasteiger charge is -2.23. The van der Waals surface area contributed by atoms with Crippen molar-refractivity contribution in [3.05, 3.63) is 108 Å². The fourth-order valence-corrected chi connectivity index (χ4v) is 3.64. The molecule has 2 aromatic heterocycles. The summed E-state index contributed by atoms with van der Waals surface area (Å²) in [6, 6.07) is 19.3. The number of para-hydroxylation sites is 1. The molecule has 1 saturated heterocycles. The standard InChI is InChI=1S/C23H16FN3O3.C5H9NO3/c24-17-10-8-16(9-11-17)15-21(28)27-14-4-7-20(27)22(29)19-12-13-25-23(26-19)30-18-5-2-1-3-6-18;7-5(8)6-1-3-9-4-2-6/h1-14H,15H2;1-4H2,(H,7,8). The van der Waals surface area contributed by atoms with E-state index in [1.54, 1.807) is 24.3 Å². The van der Waals surface area contributed by atoms with Gasteiger partial charge in [-0.25, -0.2) is 14.2 Å². The zero-order valence-electron chi connectivity index (χ0n) is 20.8. The Morgan fingerprint density at radius 1 is 0.949 bits per heavy atom. The van der Waals surface area contributed by atoms with E-state index in [0.717, 1.165) is 0 Å². The van der Waals surface area contributed by atoms with Crippen LogP contribution in [0.2, 0.25) is 0 Å². The molecule has 39 heavy (non-hydrogen) atoms. The predicted octanol–water partition coefficient (Wildman–Crippen LogP) is 4.32. The molecule has 4 aromatic rings. The highest BCUT2D eigenvalue weighted by molar-refractivity contribution is 6.08. The van der Waals surface area contributed by atoms with Crippen LogP contribution in [0.5, 0.6) is 11.8 Å². The lowest BCUT2D eigenvalue weighted by atomic mass is 10.1. The van der Waals surface area contributed by atoms with Crippen molar-refractivity contribution in [1.29, 1.82) is 0 Å². The Balaban J connectivity index is 0.000000333. The predicted molar refractivity (Wildman–Crippen MR) is 138 cm³/mol. The number of aromatic nitrogens is 3. The number of nitrogens with zero attached hydrogens (tertiary/aromatic N) is 4. The second-order valence-electron chi connectivity index (χ2n) is 8.31. The molecule has 5 rings (SSSR count). The molecule has 0 spiro atoms. The molecule has 0 saturated carbocycles. The van der Waals surface area contributed by atoms with Gasteiger partial charge in [-0.1, -0.05) is 30.3 Å². The lowest BCUT2D eigenvalue weighted by molar-refractivity contribution is 0.0392. The summed E-state index contributed by atoms with van der Waals surface area (Å²) in [5.74, 6) is -0.585. The highest BCUT2D eigenvalue weighted by atomic mass is 19.1. The average molecular weight is 533 g/mol. The van der Waals surface area contributed by atoms with Crippen molar-refractivity contribution in [2.24, 2.45) is 0 Å². The summed E-state index contributed by atoms with van der Waals surface area (Å²) in [4.78, 5) is 45.4. The van der Waals surface area contributed by atoms with E-state index >= 15 is 0 Å². The number of benzene rings is 2. The number of hydrogen-bond acceptors (Lipinski definition) is 7. The van der Waals surface area contributed by atoms with Gasteiger partial charge in [0.25, 0.3) is 0 Å². The van der Waals surface area contributed by atoms with E-state index in [1.807, 2.05) is 18.2 Å². The molecule has 11 heteroatoms. The molecule has 1 amide bonds. The Labute approximate surface area is 223 Å². The van der Waals surface area contributed by atoms with E-state index in [4.69, 9.17) is 14.6 Å². The maximum absolute atomic E-state index is 13.1. The van der Waals surface area contributed by atoms with Gasteiger partial charge in [0.15, 0.2) is 0 Å². The molecule has 0 unspecified atom stereocenters. The summed E-state index contributed by atoms with van der Waals surface area (Å²) in [5, 5.41) is 8.41. The van der Waals surface area contributed by atoms with Crippen LogP contribution in [-0.4, -0.2) is 68.6 Å².